The topological polar surface area (TPSA) is 43.4 Å². The van der Waals surface area contributed by atoms with E-state index in [1.807, 2.05) is 6.08 Å². The molecule has 0 radical (unpaired) electrons. The van der Waals surface area contributed by atoms with Gasteiger partial charge in [0.2, 0.25) is 0 Å². The van der Waals surface area contributed by atoms with Gasteiger partial charge in [0.25, 0.3) is 0 Å². The Balaban J connectivity index is 1.22. The second-order valence-electron chi connectivity index (χ2n) is 11.1. The monoisotopic (exact) mass is 398 g/mol. The van der Waals surface area contributed by atoms with Crippen molar-refractivity contribution in [1.82, 2.24) is 0 Å². The van der Waals surface area contributed by atoms with Crippen LogP contribution in [0.3, 0.4) is 0 Å². The molecule has 0 saturated heterocycles. The molecule has 4 saturated carbocycles. The first kappa shape index (κ1) is 19.8. The van der Waals surface area contributed by atoms with Gasteiger partial charge in [0.05, 0.1) is 0 Å². The van der Waals surface area contributed by atoms with Crippen LogP contribution in [0.1, 0.15) is 96.8 Å². The van der Waals surface area contributed by atoms with Gasteiger partial charge in [-0.05, 0) is 87.0 Å². The van der Waals surface area contributed by atoms with E-state index in [1.165, 1.54) is 56.9 Å². The lowest BCUT2D eigenvalue weighted by Gasteiger charge is -2.53. The van der Waals surface area contributed by atoms with Crippen LogP contribution in [0.2, 0.25) is 0 Å². The Morgan fingerprint density at radius 2 is 1.86 bits per heavy atom. The molecule has 0 spiro atoms. The number of hydrogen-bond acceptors (Lipinski definition) is 3. The first-order valence-electron chi connectivity index (χ1n) is 12.5. The van der Waals surface area contributed by atoms with Gasteiger partial charge in [0.1, 0.15) is 6.10 Å². The van der Waals surface area contributed by atoms with Gasteiger partial charge in [0.15, 0.2) is 5.78 Å². The second kappa shape index (κ2) is 7.85. The molecule has 160 valence electrons. The average Bonchev–Trinajstić information content (AvgIpc) is 3.34. The fourth-order valence-corrected chi connectivity index (χ4v) is 8.16. The van der Waals surface area contributed by atoms with Crippen molar-refractivity contribution in [3.05, 3.63) is 11.6 Å². The molecule has 0 amide bonds. The zero-order valence-electron chi connectivity index (χ0n) is 18.2. The molecule has 0 bridgehead atoms. The Hall–Kier alpha value is -1.12. The molecule has 0 aromatic carbocycles. The van der Waals surface area contributed by atoms with E-state index in [0.29, 0.717) is 24.0 Å². The van der Waals surface area contributed by atoms with Gasteiger partial charge in [-0.1, -0.05) is 38.2 Å². The van der Waals surface area contributed by atoms with Crippen molar-refractivity contribution in [3.63, 3.8) is 0 Å². The van der Waals surface area contributed by atoms with E-state index >= 15 is 0 Å². The van der Waals surface area contributed by atoms with Crippen LogP contribution in [0.4, 0.5) is 0 Å². The van der Waals surface area contributed by atoms with E-state index in [1.54, 1.807) is 0 Å². The van der Waals surface area contributed by atoms with Gasteiger partial charge in [-0.25, -0.2) is 0 Å². The average molecular weight is 399 g/mol. The number of ketones is 1. The number of allylic oxidation sites excluding steroid dienone is 1. The van der Waals surface area contributed by atoms with Crippen LogP contribution in [-0.4, -0.2) is 17.9 Å². The molecule has 3 nitrogen and oxygen atoms in total. The van der Waals surface area contributed by atoms with E-state index in [0.717, 1.165) is 49.9 Å². The summed E-state index contributed by atoms with van der Waals surface area (Å²) < 4.78 is 6.15. The molecule has 0 heterocycles. The van der Waals surface area contributed by atoms with Gasteiger partial charge < -0.3 is 4.74 Å². The minimum atomic E-state index is 0.0607. The third-order valence-electron chi connectivity index (χ3n) is 9.72. The minimum Gasteiger partial charge on any atom is -0.462 e. The van der Waals surface area contributed by atoms with Crippen LogP contribution in [-0.2, 0) is 14.3 Å². The summed E-state index contributed by atoms with van der Waals surface area (Å²) in [6.45, 7) is 2.42. The summed E-state index contributed by atoms with van der Waals surface area (Å²) >= 11 is 0. The summed E-state index contributed by atoms with van der Waals surface area (Å²) in [5, 5.41) is 0. The van der Waals surface area contributed by atoms with Crippen molar-refractivity contribution in [2.75, 3.05) is 0 Å². The Kier molecular flexibility index (Phi) is 5.37. The molecular formula is C26H38O3. The molecule has 5 aliphatic carbocycles. The third kappa shape index (κ3) is 3.61. The molecule has 5 aliphatic rings. The number of hydrogen-bond donors (Lipinski definition) is 0. The van der Waals surface area contributed by atoms with E-state index in [9.17, 15) is 9.59 Å². The largest absolute Gasteiger partial charge is 0.462 e. The zero-order chi connectivity index (χ0) is 20.0. The normalized spacial score (nSPS) is 42.0. The molecule has 0 N–H and O–H groups in total. The molecule has 0 aromatic rings. The highest BCUT2D eigenvalue weighted by Gasteiger charge is 2.57. The van der Waals surface area contributed by atoms with Gasteiger partial charge in [-0.3, -0.25) is 9.59 Å². The summed E-state index contributed by atoms with van der Waals surface area (Å²) in [6.07, 6.45) is 18.0. The number of ether oxygens (including phenoxy) is 1. The van der Waals surface area contributed by atoms with Gasteiger partial charge in [0, 0.05) is 18.3 Å². The second-order valence-corrected chi connectivity index (χ2v) is 11.1. The van der Waals surface area contributed by atoms with Crippen molar-refractivity contribution < 1.29 is 14.3 Å². The van der Waals surface area contributed by atoms with Crippen LogP contribution < -0.4 is 0 Å². The molecule has 29 heavy (non-hydrogen) atoms. The lowest BCUT2D eigenvalue weighted by atomic mass is 9.52. The number of fused-ring (bicyclic) bond motifs is 5. The van der Waals surface area contributed by atoms with E-state index in [2.05, 4.69) is 6.92 Å². The lowest BCUT2D eigenvalue weighted by Crippen LogP contribution is -2.48. The van der Waals surface area contributed by atoms with E-state index in [4.69, 9.17) is 4.74 Å². The van der Waals surface area contributed by atoms with Crippen molar-refractivity contribution >= 4 is 11.8 Å². The Labute approximate surface area is 176 Å². The summed E-state index contributed by atoms with van der Waals surface area (Å²) in [5.41, 5.74) is 1.63. The number of carbonyl (C=O) groups excluding carboxylic acids is 2. The highest BCUT2D eigenvalue weighted by Crippen LogP contribution is 2.62. The molecular weight excluding hydrogens is 360 g/mol. The molecule has 0 aliphatic heterocycles. The first-order chi connectivity index (χ1) is 14.0. The fourth-order valence-electron chi connectivity index (χ4n) is 8.16. The van der Waals surface area contributed by atoms with Crippen LogP contribution in [0, 0.1) is 35.0 Å². The van der Waals surface area contributed by atoms with Gasteiger partial charge in [-0.2, -0.15) is 0 Å². The van der Waals surface area contributed by atoms with Crippen molar-refractivity contribution in [1.29, 1.82) is 0 Å². The minimum absolute atomic E-state index is 0.0607. The fraction of sp³-hybridized carbons (Fsp3) is 0.846. The lowest BCUT2D eigenvalue weighted by molar-refractivity contribution is -0.159. The molecule has 3 heteroatoms. The Morgan fingerprint density at radius 1 is 1.03 bits per heavy atom. The highest BCUT2D eigenvalue weighted by molar-refractivity contribution is 5.91. The molecule has 5 rings (SSSR count). The zero-order valence-corrected chi connectivity index (χ0v) is 18.2. The SMILES string of the molecule is CC12CCC3C4CCC(=O)C=C4CCC3C1CCC2OC(=O)CCC1CCCC1. The maximum atomic E-state index is 12.6. The van der Waals surface area contributed by atoms with Crippen LogP contribution >= 0.6 is 0 Å². The third-order valence-corrected chi connectivity index (χ3v) is 9.72. The Morgan fingerprint density at radius 3 is 2.69 bits per heavy atom. The van der Waals surface area contributed by atoms with Crippen molar-refractivity contribution in [2.24, 2.45) is 35.0 Å². The number of rotatable bonds is 4. The molecule has 6 unspecified atom stereocenters. The highest BCUT2D eigenvalue weighted by atomic mass is 16.5. The van der Waals surface area contributed by atoms with E-state index in [-0.39, 0.29) is 17.5 Å². The predicted molar refractivity (Wildman–Crippen MR) is 113 cm³/mol. The number of esters is 1. The molecule has 0 aromatic heterocycles. The van der Waals surface area contributed by atoms with Crippen molar-refractivity contribution in [3.8, 4) is 0 Å². The number of carbonyl (C=O) groups is 2. The van der Waals surface area contributed by atoms with Crippen LogP contribution in [0.25, 0.3) is 0 Å². The van der Waals surface area contributed by atoms with Crippen molar-refractivity contribution in [2.45, 2.75) is 103 Å². The smallest absolute Gasteiger partial charge is 0.306 e. The summed E-state index contributed by atoms with van der Waals surface area (Å²) in [5.74, 6) is 4.06. The van der Waals surface area contributed by atoms with Crippen LogP contribution in [0.5, 0.6) is 0 Å². The molecule has 4 fully saturated rings. The van der Waals surface area contributed by atoms with Gasteiger partial charge >= 0.3 is 5.97 Å². The van der Waals surface area contributed by atoms with Crippen LogP contribution in [0.15, 0.2) is 11.6 Å². The first-order valence-corrected chi connectivity index (χ1v) is 12.5. The maximum Gasteiger partial charge on any atom is 0.306 e. The quantitative estimate of drug-likeness (QED) is 0.545. The summed E-state index contributed by atoms with van der Waals surface area (Å²) in [7, 11) is 0. The van der Waals surface area contributed by atoms with Gasteiger partial charge in [-0.15, -0.1) is 0 Å². The standard InChI is InChI=1S/C26H38O3/c1-26-15-14-21-20-10-8-19(27)16-18(20)7-9-22(21)23(26)11-12-24(26)29-25(28)13-6-17-4-2-3-5-17/h16-17,20-24H,2-15H2,1H3. The summed E-state index contributed by atoms with van der Waals surface area (Å²) in [4.78, 5) is 24.5. The molecule has 6 atom stereocenters. The predicted octanol–water partition coefficient (Wildman–Crippen LogP) is 6.01. The Bertz CT molecular complexity index is 688. The summed E-state index contributed by atoms with van der Waals surface area (Å²) in [6, 6.07) is 0. The van der Waals surface area contributed by atoms with E-state index < -0.39 is 0 Å². The maximum absolute atomic E-state index is 12.6.